The minimum atomic E-state index is -0.927. The maximum absolute atomic E-state index is 13.4. The van der Waals surface area contributed by atoms with E-state index >= 15 is 0 Å². The zero-order valence-electron chi connectivity index (χ0n) is 22.4. The maximum Gasteiger partial charge on any atom is 0.252 e. The quantitative estimate of drug-likeness (QED) is 0.362. The van der Waals surface area contributed by atoms with Crippen molar-refractivity contribution in [3.05, 3.63) is 59.7 Å². The predicted octanol–water partition coefficient (Wildman–Crippen LogP) is 5.00. The molecule has 198 valence electrons. The molecule has 8 rings (SSSR count). The van der Waals surface area contributed by atoms with Crippen LogP contribution in [0, 0.1) is 0 Å². The summed E-state index contributed by atoms with van der Waals surface area (Å²) in [6, 6.07) is 16.4. The molecule has 1 saturated heterocycles. The van der Waals surface area contributed by atoms with Gasteiger partial charge in [-0.05, 0) is 24.6 Å². The Morgan fingerprint density at radius 3 is 2.51 bits per heavy atom. The van der Waals surface area contributed by atoms with Crippen molar-refractivity contribution in [1.29, 1.82) is 0 Å². The minimum absolute atomic E-state index is 0.0353. The number of nitrogens with zero attached hydrogens (tertiary/aromatic N) is 3. The Kier molecular flexibility index (Phi) is 4.50. The van der Waals surface area contributed by atoms with E-state index in [1.807, 2.05) is 43.1 Å². The largest absolute Gasteiger partial charge is 0.374 e. The molecule has 0 spiro atoms. The number of hydrogen-bond donors (Lipinski definition) is 1. The van der Waals surface area contributed by atoms with E-state index in [1.54, 1.807) is 7.11 Å². The van der Waals surface area contributed by atoms with Gasteiger partial charge in [0.2, 0.25) is 5.91 Å². The lowest BCUT2D eigenvalue weighted by Crippen LogP contribution is -2.61. The molecule has 5 aromatic rings. The van der Waals surface area contributed by atoms with Crippen LogP contribution in [0.1, 0.15) is 48.8 Å². The van der Waals surface area contributed by atoms with Crippen LogP contribution in [0.5, 0.6) is 0 Å². The van der Waals surface area contributed by atoms with Crippen LogP contribution >= 0.6 is 0 Å². The molecule has 0 unspecified atom stereocenters. The summed E-state index contributed by atoms with van der Waals surface area (Å²) in [5, 5.41) is 7.28. The molecular weight excluding hydrogens is 492 g/mol. The number of rotatable bonds is 3. The lowest BCUT2D eigenvalue weighted by molar-refractivity contribution is -0.266. The molecular formula is C31H30N4O4. The van der Waals surface area contributed by atoms with Crippen LogP contribution in [0.25, 0.3) is 43.6 Å². The van der Waals surface area contributed by atoms with Gasteiger partial charge in [0.1, 0.15) is 12.3 Å². The fourth-order valence-electron chi connectivity index (χ4n) is 7.83. The van der Waals surface area contributed by atoms with Gasteiger partial charge in [-0.15, -0.1) is 0 Å². The summed E-state index contributed by atoms with van der Waals surface area (Å²) in [4.78, 5) is 28.3. The Morgan fingerprint density at radius 2 is 1.79 bits per heavy atom. The van der Waals surface area contributed by atoms with Crippen molar-refractivity contribution in [3.63, 3.8) is 0 Å². The molecule has 2 amide bonds. The van der Waals surface area contributed by atoms with Crippen molar-refractivity contribution < 1.29 is 19.1 Å². The molecule has 0 saturated carbocycles. The fraction of sp³-hybridized carbons (Fsp3) is 0.355. The molecule has 1 N–H and O–H groups in total. The average molecular weight is 523 g/mol. The number of benzene rings is 3. The number of likely N-dealkylation sites (N-methyl/N-ethyl adjacent to an activating group) is 1. The van der Waals surface area contributed by atoms with E-state index in [1.165, 1.54) is 0 Å². The number of ether oxygens (including phenoxy) is 2. The van der Waals surface area contributed by atoms with Gasteiger partial charge >= 0.3 is 0 Å². The van der Waals surface area contributed by atoms with Gasteiger partial charge < -0.3 is 28.8 Å². The Hall–Kier alpha value is -3.88. The van der Waals surface area contributed by atoms with Crippen LogP contribution in [-0.2, 0) is 26.5 Å². The van der Waals surface area contributed by atoms with E-state index in [-0.39, 0.29) is 24.1 Å². The van der Waals surface area contributed by atoms with Gasteiger partial charge in [0.05, 0.1) is 33.7 Å². The molecule has 39 heavy (non-hydrogen) atoms. The summed E-state index contributed by atoms with van der Waals surface area (Å²) in [5.74, 6) is 0.0365. The zero-order chi connectivity index (χ0) is 26.8. The van der Waals surface area contributed by atoms with Crippen LogP contribution in [0.3, 0.4) is 0 Å². The van der Waals surface area contributed by atoms with Gasteiger partial charge in [-0.3, -0.25) is 9.59 Å². The molecule has 3 aliphatic rings. The summed E-state index contributed by atoms with van der Waals surface area (Å²) >= 11 is 0. The van der Waals surface area contributed by atoms with Crippen molar-refractivity contribution in [2.75, 3.05) is 14.2 Å². The second-order valence-electron chi connectivity index (χ2n) is 11.2. The van der Waals surface area contributed by atoms with Crippen molar-refractivity contribution >= 4 is 55.4 Å². The number of amides is 2. The number of fused-ring (bicyclic) bond motifs is 13. The predicted molar refractivity (Wildman–Crippen MR) is 150 cm³/mol. The number of para-hydroxylation sites is 2. The van der Waals surface area contributed by atoms with E-state index in [4.69, 9.17) is 9.47 Å². The Bertz CT molecular complexity index is 1900. The monoisotopic (exact) mass is 522 g/mol. The number of carbonyl (C=O) groups is 2. The van der Waals surface area contributed by atoms with Gasteiger partial charge in [-0.2, -0.15) is 0 Å². The molecule has 2 bridgehead atoms. The minimum Gasteiger partial charge on any atom is -0.374 e. The Balaban J connectivity index is 1.62. The number of nitrogens with one attached hydrogen (secondary N) is 1. The van der Waals surface area contributed by atoms with Crippen LogP contribution in [0.2, 0.25) is 0 Å². The van der Waals surface area contributed by atoms with E-state index in [9.17, 15) is 9.59 Å². The lowest BCUT2D eigenvalue weighted by atomic mass is 9.91. The third-order valence-electron chi connectivity index (χ3n) is 9.39. The van der Waals surface area contributed by atoms with Crippen molar-refractivity contribution in [1.82, 2.24) is 19.4 Å². The van der Waals surface area contributed by atoms with Gasteiger partial charge in [0, 0.05) is 55.1 Å². The van der Waals surface area contributed by atoms with Crippen LogP contribution < -0.4 is 5.32 Å². The molecule has 2 aromatic heterocycles. The van der Waals surface area contributed by atoms with Gasteiger partial charge in [-0.25, -0.2) is 0 Å². The summed E-state index contributed by atoms with van der Waals surface area (Å²) in [6.45, 7) is 4.47. The van der Waals surface area contributed by atoms with Crippen LogP contribution in [-0.4, -0.2) is 52.2 Å². The van der Waals surface area contributed by atoms with Crippen LogP contribution in [0.15, 0.2) is 48.5 Å². The topological polar surface area (TPSA) is 77.7 Å². The smallest absolute Gasteiger partial charge is 0.252 e. The first kappa shape index (κ1) is 23.0. The average Bonchev–Trinajstić information content (AvgIpc) is 3.59. The van der Waals surface area contributed by atoms with E-state index in [2.05, 4.69) is 45.6 Å². The molecule has 1 fully saturated rings. The van der Waals surface area contributed by atoms with Gasteiger partial charge in [0.15, 0.2) is 5.72 Å². The maximum atomic E-state index is 13.4. The van der Waals surface area contributed by atoms with Crippen molar-refractivity contribution in [2.24, 2.45) is 0 Å². The highest BCUT2D eigenvalue weighted by molar-refractivity contribution is 6.31. The first-order chi connectivity index (χ1) is 18.9. The first-order valence-electron chi connectivity index (χ1n) is 13.7. The zero-order valence-corrected chi connectivity index (χ0v) is 22.4. The molecule has 8 heteroatoms. The highest BCUT2D eigenvalue weighted by Gasteiger charge is 2.54. The molecule has 5 heterocycles. The summed E-state index contributed by atoms with van der Waals surface area (Å²) in [7, 11) is 3.59. The summed E-state index contributed by atoms with van der Waals surface area (Å²) < 4.78 is 18.0. The van der Waals surface area contributed by atoms with E-state index in [0.29, 0.717) is 19.4 Å². The molecule has 8 nitrogen and oxygen atoms in total. The molecule has 3 aromatic carbocycles. The van der Waals surface area contributed by atoms with Crippen molar-refractivity contribution in [3.8, 4) is 0 Å². The first-order valence-corrected chi connectivity index (χ1v) is 13.7. The SMILES string of the molecule is CCC(=O)N(C)[C@@H]1C[C@H]2O[C@@](C)([C@@H]1OC)n1c3ccccc3c3c4c(c5c6ccccc6n2c5c31)C(=O)NC4. The Morgan fingerprint density at radius 1 is 1.10 bits per heavy atom. The molecule has 3 aliphatic heterocycles. The highest BCUT2D eigenvalue weighted by Crippen LogP contribution is 2.54. The normalized spacial score (nSPS) is 25.5. The molecule has 0 radical (unpaired) electrons. The van der Waals surface area contributed by atoms with E-state index in [0.717, 1.165) is 54.7 Å². The number of aromatic nitrogens is 2. The number of methoxy groups -OCH3 is 1. The standard InChI is InChI=1S/C31H30N4O4/c1-5-22(36)33(3)21-14-23-34-19-12-8-6-10-16(19)25-26-18(15-32-30(26)37)24-17-11-7-9-13-20(17)35(28(24)27(25)34)31(2,39-23)29(21)38-4/h6-13,21,23,29H,5,14-15H2,1-4H3,(H,32,37)/t21-,23-,29-,31+/m1/s1. The third-order valence-corrected chi connectivity index (χ3v) is 9.39. The highest BCUT2D eigenvalue weighted by atomic mass is 16.6. The number of carbonyl (C=O) groups excluding carboxylic acids is 2. The second kappa shape index (κ2) is 7.61. The lowest BCUT2D eigenvalue weighted by Gasteiger charge is -2.50. The summed E-state index contributed by atoms with van der Waals surface area (Å²) in [6.07, 6.45) is 0.191. The number of hydrogen-bond acceptors (Lipinski definition) is 4. The van der Waals surface area contributed by atoms with Gasteiger partial charge in [0.25, 0.3) is 5.91 Å². The third kappa shape index (κ3) is 2.61. The van der Waals surface area contributed by atoms with Gasteiger partial charge in [-0.1, -0.05) is 43.3 Å². The molecule has 0 aliphatic carbocycles. The second-order valence-corrected chi connectivity index (χ2v) is 11.2. The van der Waals surface area contributed by atoms with E-state index < -0.39 is 11.8 Å². The fourth-order valence-corrected chi connectivity index (χ4v) is 7.83. The Labute approximate surface area is 225 Å². The van der Waals surface area contributed by atoms with Crippen LogP contribution in [0.4, 0.5) is 0 Å². The van der Waals surface area contributed by atoms with Crippen molar-refractivity contribution in [2.45, 2.75) is 57.3 Å². The summed E-state index contributed by atoms with van der Waals surface area (Å²) in [5.41, 5.74) is 4.96. The molecule has 4 atom stereocenters.